The number of pyridine rings is 1. The van der Waals surface area contributed by atoms with Crippen molar-refractivity contribution in [1.29, 1.82) is 0 Å². The van der Waals surface area contributed by atoms with Crippen molar-refractivity contribution in [2.24, 2.45) is 0 Å². The fourth-order valence-electron chi connectivity index (χ4n) is 2.26. The van der Waals surface area contributed by atoms with Crippen molar-refractivity contribution in [2.45, 2.75) is 32.7 Å². The molecule has 0 aliphatic heterocycles. The van der Waals surface area contributed by atoms with Gasteiger partial charge in [-0.3, -0.25) is 4.79 Å². The zero-order valence-electron chi connectivity index (χ0n) is 11.7. The van der Waals surface area contributed by atoms with Gasteiger partial charge in [0.15, 0.2) is 5.78 Å². The second kappa shape index (κ2) is 7.25. The summed E-state index contributed by atoms with van der Waals surface area (Å²) < 4.78 is 0. The van der Waals surface area contributed by atoms with Crippen LogP contribution >= 0.6 is 11.6 Å². The molecule has 0 fully saturated rings. The molecule has 1 heterocycles. The van der Waals surface area contributed by atoms with Crippen LogP contribution in [0.15, 0.2) is 42.3 Å². The summed E-state index contributed by atoms with van der Waals surface area (Å²) in [6.07, 6.45) is 10.3. The Morgan fingerprint density at radius 2 is 2.25 bits per heavy atom. The number of nitrogens with zero attached hydrogens (tertiary/aromatic N) is 2. The summed E-state index contributed by atoms with van der Waals surface area (Å²) in [6, 6.07) is 3.77. The molecule has 0 amide bonds. The number of ketones is 1. The summed E-state index contributed by atoms with van der Waals surface area (Å²) in [7, 11) is 0. The first-order valence-corrected chi connectivity index (χ1v) is 7.27. The molecule has 0 spiro atoms. The third-order valence-corrected chi connectivity index (χ3v) is 3.54. The molecule has 1 aromatic rings. The van der Waals surface area contributed by atoms with E-state index in [-0.39, 0.29) is 5.78 Å². The quantitative estimate of drug-likeness (QED) is 0.612. The van der Waals surface area contributed by atoms with Crippen LogP contribution in [0.1, 0.15) is 31.7 Å². The van der Waals surface area contributed by atoms with Crippen molar-refractivity contribution < 1.29 is 4.79 Å². The minimum atomic E-state index is 0.228. The largest absolute Gasteiger partial charge is 0.367 e. The number of aromatic nitrogens is 1. The van der Waals surface area contributed by atoms with Crippen LogP contribution in [0.25, 0.3) is 0 Å². The van der Waals surface area contributed by atoms with Crippen LogP contribution in [0, 0.1) is 0 Å². The first kappa shape index (κ1) is 14.8. The van der Waals surface area contributed by atoms with Crippen LogP contribution in [-0.2, 0) is 11.3 Å². The molecule has 0 aromatic carbocycles. The first-order valence-electron chi connectivity index (χ1n) is 6.89. The lowest BCUT2D eigenvalue weighted by Crippen LogP contribution is -2.25. The first-order chi connectivity index (χ1) is 9.69. The molecule has 106 valence electrons. The van der Waals surface area contributed by atoms with Gasteiger partial charge in [0.2, 0.25) is 0 Å². The maximum absolute atomic E-state index is 11.6. The van der Waals surface area contributed by atoms with Crippen molar-refractivity contribution in [3.63, 3.8) is 0 Å². The lowest BCUT2D eigenvalue weighted by molar-refractivity contribution is -0.115. The average Bonchev–Trinajstić information content (AvgIpc) is 2.45. The van der Waals surface area contributed by atoms with Gasteiger partial charge in [0.05, 0.1) is 0 Å². The van der Waals surface area contributed by atoms with E-state index in [0.29, 0.717) is 11.6 Å². The summed E-state index contributed by atoms with van der Waals surface area (Å²) in [4.78, 5) is 17.9. The van der Waals surface area contributed by atoms with Crippen LogP contribution in [0.3, 0.4) is 0 Å². The highest BCUT2D eigenvalue weighted by Crippen LogP contribution is 2.21. The van der Waals surface area contributed by atoms with Crippen molar-refractivity contribution in [3.05, 3.63) is 53.0 Å². The molecule has 0 saturated heterocycles. The summed E-state index contributed by atoms with van der Waals surface area (Å²) in [5.74, 6) is 0.228. The predicted molar refractivity (Wildman–Crippen MR) is 81.4 cm³/mol. The number of carbonyl (C=O) groups excluding carboxylic acids is 1. The van der Waals surface area contributed by atoms with E-state index in [9.17, 15) is 4.79 Å². The minimum Gasteiger partial charge on any atom is -0.367 e. The van der Waals surface area contributed by atoms with E-state index < -0.39 is 0 Å². The second-order valence-corrected chi connectivity index (χ2v) is 5.28. The van der Waals surface area contributed by atoms with Crippen LogP contribution in [0.4, 0.5) is 0 Å². The van der Waals surface area contributed by atoms with E-state index in [0.717, 1.165) is 37.2 Å². The number of allylic oxidation sites excluding steroid dienone is 3. The highest BCUT2D eigenvalue weighted by molar-refractivity contribution is 6.29. The Morgan fingerprint density at radius 3 is 2.90 bits per heavy atom. The standard InChI is InChI=1S/C16H19ClN2O/c1-2-3-9-19(14-5-4-6-15(20)10-14)12-13-7-8-16(17)18-11-13/h2-3,7-8,10-11H,4-6,9,12H2,1H3/b3-2+. The van der Waals surface area contributed by atoms with E-state index in [4.69, 9.17) is 11.6 Å². The van der Waals surface area contributed by atoms with Crippen LogP contribution in [-0.4, -0.2) is 22.2 Å². The van der Waals surface area contributed by atoms with Gasteiger partial charge in [0.25, 0.3) is 0 Å². The molecular weight excluding hydrogens is 272 g/mol. The van der Waals surface area contributed by atoms with Crippen LogP contribution < -0.4 is 0 Å². The van der Waals surface area contributed by atoms with E-state index in [2.05, 4.69) is 16.0 Å². The third-order valence-electron chi connectivity index (χ3n) is 3.31. The van der Waals surface area contributed by atoms with E-state index in [1.165, 1.54) is 0 Å². The maximum atomic E-state index is 11.6. The van der Waals surface area contributed by atoms with Crippen LogP contribution in [0.2, 0.25) is 5.15 Å². The molecule has 1 aromatic heterocycles. The van der Waals surface area contributed by atoms with Gasteiger partial charge in [-0.25, -0.2) is 4.98 Å². The molecule has 1 aliphatic carbocycles. The topological polar surface area (TPSA) is 33.2 Å². The number of rotatable bonds is 5. The molecule has 2 rings (SSSR count). The summed E-state index contributed by atoms with van der Waals surface area (Å²) in [5.41, 5.74) is 2.21. The second-order valence-electron chi connectivity index (χ2n) is 4.89. The van der Waals surface area contributed by atoms with E-state index in [1.807, 2.05) is 19.1 Å². The zero-order chi connectivity index (χ0) is 14.4. The molecule has 0 saturated carbocycles. The van der Waals surface area contributed by atoms with E-state index in [1.54, 1.807) is 18.3 Å². The van der Waals surface area contributed by atoms with Crippen LogP contribution in [0.5, 0.6) is 0 Å². The Bertz CT molecular complexity index is 520. The lowest BCUT2D eigenvalue weighted by atomic mass is 10.0. The molecule has 4 heteroatoms. The SMILES string of the molecule is C/C=C/CN(Cc1ccc(Cl)nc1)C1=CC(=O)CCC1. The molecule has 1 aliphatic rings. The van der Waals surface area contributed by atoms with Gasteiger partial charge >= 0.3 is 0 Å². The molecule has 0 N–H and O–H groups in total. The van der Waals surface area contributed by atoms with Gasteiger partial charge in [-0.15, -0.1) is 0 Å². The summed E-state index contributed by atoms with van der Waals surface area (Å²) in [6.45, 7) is 3.55. The van der Waals surface area contributed by atoms with Crippen molar-refractivity contribution in [3.8, 4) is 0 Å². The molecule has 0 radical (unpaired) electrons. The van der Waals surface area contributed by atoms with Crippen molar-refractivity contribution in [1.82, 2.24) is 9.88 Å². The molecule has 0 atom stereocenters. The zero-order valence-corrected chi connectivity index (χ0v) is 12.4. The highest BCUT2D eigenvalue weighted by atomic mass is 35.5. The normalized spacial score (nSPS) is 15.5. The van der Waals surface area contributed by atoms with Gasteiger partial charge < -0.3 is 4.90 Å². The Labute approximate surface area is 125 Å². The monoisotopic (exact) mass is 290 g/mol. The number of halogens is 1. The van der Waals surface area contributed by atoms with Gasteiger partial charge in [-0.1, -0.05) is 29.8 Å². The van der Waals surface area contributed by atoms with Crippen molar-refractivity contribution >= 4 is 17.4 Å². The lowest BCUT2D eigenvalue weighted by Gasteiger charge is -2.28. The Kier molecular flexibility index (Phi) is 5.36. The molecule has 0 bridgehead atoms. The number of hydrogen-bond acceptors (Lipinski definition) is 3. The average molecular weight is 291 g/mol. The summed E-state index contributed by atoms with van der Waals surface area (Å²) in [5, 5.41) is 0.501. The Morgan fingerprint density at radius 1 is 1.40 bits per heavy atom. The summed E-state index contributed by atoms with van der Waals surface area (Å²) >= 11 is 5.81. The minimum absolute atomic E-state index is 0.228. The number of hydrogen-bond donors (Lipinski definition) is 0. The predicted octanol–water partition coefficient (Wildman–Crippen LogP) is 3.75. The maximum Gasteiger partial charge on any atom is 0.157 e. The van der Waals surface area contributed by atoms with Gasteiger partial charge in [0.1, 0.15) is 5.15 Å². The molecule has 20 heavy (non-hydrogen) atoms. The van der Waals surface area contributed by atoms with Gasteiger partial charge in [-0.05, 0) is 31.4 Å². The van der Waals surface area contributed by atoms with Gasteiger partial charge in [0, 0.05) is 37.5 Å². The van der Waals surface area contributed by atoms with E-state index >= 15 is 0 Å². The Hall–Kier alpha value is -1.61. The molecule has 0 unspecified atom stereocenters. The fourth-order valence-corrected chi connectivity index (χ4v) is 2.37. The molecular formula is C16H19ClN2O. The molecule has 3 nitrogen and oxygen atoms in total. The third kappa shape index (κ3) is 4.20. The highest BCUT2D eigenvalue weighted by Gasteiger charge is 2.15. The van der Waals surface area contributed by atoms with Gasteiger partial charge in [-0.2, -0.15) is 0 Å². The van der Waals surface area contributed by atoms with Crippen molar-refractivity contribution in [2.75, 3.05) is 6.54 Å². The fraction of sp³-hybridized carbons (Fsp3) is 0.375. The smallest absolute Gasteiger partial charge is 0.157 e. The number of carbonyl (C=O) groups is 1. The Balaban J connectivity index is 2.14.